The Morgan fingerprint density at radius 2 is 1.87 bits per heavy atom. The standard InChI is InChI=1S/C15H19N3O5/c1-23-13-7-6-11(18(21)22)10-12(13)16-14(19)15(20)17-8-4-2-3-5-9-17/h6-7,10H,2-5,8-9H2,1H3,(H,16,19). The van der Waals surface area contributed by atoms with Crippen LogP contribution in [0.2, 0.25) is 0 Å². The van der Waals surface area contributed by atoms with Gasteiger partial charge in [-0.25, -0.2) is 0 Å². The molecule has 0 unspecified atom stereocenters. The van der Waals surface area contributed by atoms with Gasteiger partial charge in [0.2, 0.25) is 0 Å². The molecule has 2 rings (SSSR count). The molecule has 0 saturated carbocycles. The first kappa shape index (κ1) is 16.7. The van der Waals surface area contributed by atoms with Crippen LogP contribution >= 0.6 is 0 Å². The first-order valence-corrected chi connectivity index (χ1v) is 7.45. The molecule has 2 amide bonds. The number of amides is 2. The highest BCUT2D eigenvalue weighted by molar-refractivity contribution is 6.39. The van der Waals surface area contributed by atoms with Crippen LogP contribution in [0, 0.1) is 10.1 Å². The number of nitrogens with zero attached hydrogens (tertiary/aromatic N) is 2. The zero-order valence-electron chi connectivity index (χ0n) is 12.9. The molecule has 0 atom stereocenters. The Labute approximate surface area is 133 Å². The van der Waals surface area contributed by atoms with E-state index in [1.54, 1.807) is 0 Å². The number of nitrogens with one attached hydrogen (secondary N) is 1. The fourth-order valence-electron chi connectivity index (χ4n) is 2.50. The molecule has 1 aliphatic rings. The van der Waals surface area contributed by atoms with E-state index < -0.39 is 16.7 Å². The second-order valence-electron chi connectivity index (χ2n) is 5.30. The third kappa shape index (κ3) is 4.18. The maximum atomic E-state index is 12.2. The number of likely N-dealkylation sites (tertiary alicyclic amines) is 1. The SMILES string of the molecule is COc1ccc([N+](=O)[O-])cc1NC(=O)C(=O)N1CCCCCC1. The van der Waals surface area contributed by atoms with Crippen molar-refractivity contribution in [2.75, 3.05) is 25.5 Å². The highest BCUT2D eigenvalue weighted by atomic mass is 16.6. The van der Waals surface area contributed by atoms with Gasteiger partial charge in [-0.1, -0.05) is 12.8 Å². The highest BCUT2D eigenvalue weighted by Gasteiger charge is 2.24. The fourth-order valence-corrected chi connectivity index (χ4v) is 2.50. The van der Waals surface area contributed by atoms with Crippen LogP contribution in [0.25, 0.3) is 0 Å². The number of nitro groups is 1. The van der Waals surface area contributed by atoms with Crippen molar-refractivity contribution in [3.05, 3.63) is 28.3 Å². The molecule has 1 fully saturated rings. The smallest absolute Gasteiger partial charge is 0.314 e. The van der Waals surface area contributed by atoms with Crippen LogP contribution < -0.4 is 10.1 Å². The van der Waals surface area contributed by atoms with Gasteiger partial charge in [-0.3, -0.25) is 19.7 Å². The van der Waals surface area contributed by atoms with Crippen molar-refractivity contribution in [1.29, 1.82) is 0 Å². The Morgan fingerprint density at radius 1 is 1.22 bits per heavy atom. The molecule has 1 aromatic carbocycles. The van der Waals surface area contributed by atoms with Crippen LogP contribution in [-0.2, 0) is 9.59 Å². The maximum Gasteiger partial charge on any atom is 0.314 e. The second-order valence-corrected chi connectivity index (χ2v) is 5.30. The average molecular weight is 321 g/mol. The number of rotatable bonds is 3. The molecule has 8 heteroatoms. The van der Waals surface area contributed by atoms with Gasteiger partial charge in [0.1, 0.15) is 5.75 Å². The molecule has 1 aromatic rings. The lowest BCUT2D eigenvalue weighted by atomic mass is 10.2. The summed E-state index contributed by atoms with van der Waals surface area (Å²) in [6.07, 6.45) is 3.84. The normalized spacial score (nSPS) is 14.7. The summed E-state index contributed by atoms with van der Waals surface area (Å²) in [4.78, 5) is 36.1. The van der Waals surface area contributed by atoms with Crippen LogP contribution in [0.1, 0.15) is 25.7 Å². The predicted molar refractivity (Wildman–Crippen MR) is 83.3 cm³/mol. The van der Waals surface area contributed by atoms with Crippen molar-refractivity contribution in [1.82, 2.24) is 4.90 Å². The van der Waals surface area contributed by atoms with Gasteiger partial charge in [0.25, 0.3) is 5.69 Å². The zero-order valence-corrected chi connectivity index (χ0v) is 12.9. The molecule has 124 valence electrons. The number of carbonyl (C=O) groups is 2. The quantitative estimate of drug-likeness (QED) is 0.521. The van der Waals surface area contributed by atoms with Crippen molar-refractivity contribution in [3.63, 3.8) is 0 Å². The second kappa shape index (κ2) is 7.57. The van der Waals surface area contributed by atoms with E-state index >= 15 is 0 Å². The number of nitro benzene ring substituents is 1. The molecule has 0 radical (unpaired) electrons. The Balaban J connectivity index is 2.13. The van der Waals surface area contributed by atoms with Crippen molar-refractivity contribution < 1.29 is 19.2 Å². The van der Waals surface area contributed by atoms with Crippen molar-refractivity contribution in [2.45, 2.75) is 25.7 Å². The summed E-state index contributed by atoms with van der Waals surface area (Å²) >= 11 is 0. The minimum absolute atomic E-state index is 0.106. The number of benzene rings is 1. The highest BCUT2D eigenvalue weighted by Crippen LogP contribution is 2.28. The molecule has 1 saturated heterocycles. The molecular weight excluding hydrogens is 302 g/mol. The number of methoxy groups -OCH3 is 1. The average Bonchev–Trinajstić information content (AvgIpc) is 2.83. The summed E-state index contributed by atoms with van der Waals surface area (Å²) in [5.74, 6) is -1.18. The van der Waals surface area contributed by atoms with Crippen LogP contribution in [0.4, 0.5) is 11.4 Å². The van der Waals surface area contributed by atoms with E-state index in [0.717, 1.165) is 25.7 Å². The van der Waals surface area contributed by atoms with E-state index in [4.69, 9.17) is 4.74 Å². The van der Waals surface area contributed by atoms with Gasteiger partial charge in [0.05, 0.1) is 17.7 Å². The maximum absolute atomic E-state index is 12.2. The molecule has 8 nitrogen and oxygen atoms in total. The monoisotopic (exact) mass is 321 g/mol. The molecule has 0 aliphatic carbocycles. The van der Waals surface area contributed by atoms with E-state index in [9.17, 15) is 19.7 Å². The first-order chi connectivity index (χ1) is 11.0. The molecule has 1 N–H and O–H groups in total. The third-order valence-corrected chi connectivity index (χ3v) is 3.73. The predicted octanol–water partition coefficient (Wildman–Crippen LogP) is 1.94. The van der Waals surface area contributed by atoms with Crippen molar-refractivity contribution >= 4 is 23.2 Å². The largest absolute Gasteiger partial charge is 0.495 e. The minimum atomic E-state index is -0.814. The van der Waals surface area contributed by atoms with Crippen LogP contribution in [0.3, 0.4) is 0 Å². The Morgan fingerprint density at radius 3 is 2.43 bits per heavy atom. The first-order valence-electron chi connectivity index (χ1n) is 7.45. The fraction of sp³-hybridized carbons (Fsp3) is 0.467. The summed E-state index contributed by atoms with van der Waals surface area (Å²) in [7, 11) is 1.38. The summed E-state index contributed by atoms with van der Waals surface area (Å²) in [5, 5.41) is 13.2. The Kier molecular flexibility index (Phi) is 5.51. The van der Waals surface area contributed by atoms with Crippen molar-refractivity contribution in [3.8, 4) is 5.75 Å². The van der Waals surface area contributed by atoms with Gasteiger partial charge >= 0.3 is 11.8 Å². The number of hydrogen-bond acceptors (Lipinski definition) is 5. The van der Waals surface area contributed by atoms with E-state index in [0.29, 0.717) is 13.1 Å². The van der Waals surface area contributed by atoms with E-state index in [2.05, 4.69) is 5.32 Å². The number of ether oxygens (including phenoxy) is 1. The van der Waals surface area contributed by atoms with Gasteiger partial charge in [0.15, 0.2) is 0 Å². The Hall–Kier alpha value is -2.64. The Bertz CT molecular complexity index is 609. The molecule has 0 spiro atoms. The summed E-state index contributed by atoms with van der Waals surface area (Å²) in [5.41, 5.74) is -0.0850. The minimum Gasteiger partial charge on any atom is -0.495 e. The molecule has 23 heavy (non-hydrogen) atoms. The lowest BCUT2D eigenvalue weighted by Gasteiger charge is -2.19. The molecule has 0 aromatic heterocycles. The van der Waals surface area contributed by atoms with E-state index in [-0.39, 0.29) is 17.1 Å². The van der Waals surface area contributed by atoms with Crippen LogP contribution in [0.15, 0.2) is 18.2 Å². The van der Waals surface area contributed by atoms with Gasteiger partial charge in [-0.15, -0.1) is 0 Å². The van der Waals surface area contributed by atoms with Gasteiger partial charge in [0, 0.05) is 25.2 Å². The van der Waals surface area contributed by atoms with E-state index in [1.165, 1.54) is 30.2 Å². The van der Waals surface area contributed by atoms with Crippen LogP contribution in [-0.4, -0.2) is 41.8 Å². The number of hydrogen-bond donors (Lipinski definition) is 1. The number of non-ortho nitro benzene ring substituents is 1. The van der Waals surface area contributed by atoms with Gasteiger partial charge in [-0.05, 0) is 18.9 Å². The summed E-state index contributed by atoms with van der Waals surface area (Å²) < 4.78 is 5.06. The number of carbonyl (C=O) groups excluding carboxylic acids is 2. The zero-order chi connectivity index (χ0) is 16.8. The van der Waals surface area contributed by atoms with E-state index in [1.807, 2.05) is 0 Å². The molecule has 1 aliphatic heterocycles. The van der Waals surface area contributed by atoms with Crippen molar-refractivity contribution in [2.24, 2.45) is 0 Å². The van der Waals surface area contributed by atoms with Gasteiger partial charge < -0.3 is 15.0 Å². The van der Waals surface area contributed by atoms with Gasteiger partial charge in [-0.2, -0.15) is 0 Å². The summed E-state index contributed by atoms with van der Waals surface area (Å²) in [6, 6.07) is 3.82. The molecule has 0 bridgehead atoms. The third-order valence-electron chi connectivity index (χ3n) is 3.73. The molecule has 1 heterocycles. The lowest BCUT2D eigenvalue weighted by molar-refractivity contribution is -0.384. The number of anilines is 1. The lowest BCUT2D eigenvalue weighted by Crippen LogP contribution is -2.40. The van der Waals surface area contributed by atoms with Crippen LogP contribution in [0.5, 0.6) is 5.75 Å². The summed E-state index contributed by atoms with van der Waals surface area (Å²) in [6.45, 7) is 1.11. The molecular formula is C15H19N3O5. The topological polar surface area (TPSA) is 102 Å².